The maximum absolute atomic E-state index is 11.2. The number of aromatic carboxylic acids is 1. The molecule has 1 fully saturated rings. The Morgan fingerprint density at radius 3 is 2.74 bits per heavy atom. The molecule has 5 nitrogen and oxygen atoms in total. The molecule has 1 aromatic heterocycles. The van der Waals surface area contributed by atoms with Gasteiger partial charge < -0.3 is 9.84 Å². The molecule has 0 spiro atoms. The zero-order valence-corrected chi connectivity index (χ0v) is 12.4. The van der Waals surface area contributed by atoms with E-state index in [2.05, 4.69) is 25.9 Å². The monoisotopic (exact) mass is 328 g/mol. The van der Waals surface area contributed by atoms with Crippen molar-refractivity contribution in [3.05, 3.63) is 22.2 Å². The maximum atomic E-state index is 11.2. The van der Waals surface area contributed by atoms with Gasteiger partial charge in [-0.1, -0.05) is 19.3 Å². The number of hydrogen-bond donors (Lipinski definition) is 1. The number of carboxylic acid groups (broad SMARTS) is 1. The molecule has 104 valence electrons. The van der Waals surface area contributed by atoms with E-state index in [1.54, 1.807) is 0 Å². The number of hydrogen-bond acceptors (Lipinski definition) is 4. The Kier molecular flexibility index (Phi) is 4.52. The highest BCUT2D eigenvalue weighted by Gasteiger charge is 2.38. The highest BCUT2D eigenvalue weighted by Crippen LogP contribution is 2.39. The third kappa shape index (κ3) is 2.95. The van der Waals surface area contributed by atoms with Crippen LogP contribution in [0.15, 0.2) is 10.7 Å². The van der Waals surface area contributed by atoms with Crippen molar-refractivity contribution in [2.24, 2.45) is 0 Å². The van der Waals surface area contributed by atoms with Crippen LogP contribution in [-0.4, -0.2) is 27.7 Å². The largest absolute Gasteiger partial charge is 0.476 e. The Hall–Kier alpha value is -1.01. The number of nitrogens with zero attached hydrogens (tertiary/aromatic N) is 2. The van der Waals surface area contributed by atoms with Crippen LogP contribution in [0.3, 0.4) is 0 Å². The van der Waals surface area contributed by atoms with Gasteiger partial charge in [-0.2, -0.15) is 0 Å². The summed E-state index contributed by atoms with van der Waals surface area (Å²) in [5.74, 6) is -0.562. The molecule has 1 heterocycles. The molecule has 0 atom stereocenters. The second kappa shape index (κ2) is 5.96. The van der Waals surface area contributed by atoms with Crippen molar-refractivity contribution >= 4 is 21.9 Å². The van der Waals surface area contributed by atoms with Crippen molar-refractivity contribution in [3.63, 3.8) is 0 Å². The van der Waals surface area contributed by atoms with E-state index in [1.807, 2.05) is 6.92 Å². The van der Waals surface area contributed by atoms with Gasteiger partial charge >= 0.3 is 5.97 Å². The first-order valence-corrected chi connectivity index (χ1v) is 7.28. The van der Waals surface area contributed by atoms with Gasteiger partial charge in [-0.15, -0.1) is 0 Å². The van der Waals surface area contributed by atoms with E-state index >= 15 is 0 Å². The first-order valence-electron chi connectivity index (χ1n) is 6.49. The van der Waals surface area contributed by atoms with Gasteiger partial charge in [0.15, 0.2) is 11.5 Å². The van der Waals surface area contributed by atoms with Crippen LogP contribution in [-0.2, 0) is 10.3 Å². The second-order valence-electron chi connectivity index (χ2n) is 4.68. The summed E-state index contributed by atoms with van der Waals surface area (Å²) in [6, 6.07) is 0. The Morgan fingerprint density at radius 2 is 2.16 bits per heavy atom. The summed E-state index contributed by atoms with van der Waals surface area (Å²) in [5, 5.41) is 9.14. The van der Waals surface area contributed by atoms with Gasteiger partial charge in [0.25, 0.3) is 0 Å². The lowest BCUT2D eigenvalue weighted by Crippen LogP contribution is -2.35. The van der Waals surface area contributed by atoms with Crippen LogP contribution in [0.4, 0.5) is 0 Å². The molecule has 0 saturated heterocycles. The minimum absolute atomic E-state index is 0.00495. The number of halogens is 1. The van der Waals surface area contributed by atoms with Crippen LogP contribution < -0.4 is 0 Å². The van der Waals surface area contributed by atoms with E-state index in [4.69, 9.17) is 9.84 Å². The van der Waals surface area contributed by atoms with Gasteiger partial charge in [-0.25, -0.2) is 14.8 Å². The van der Waals surface area contributed by atoms with Crippen molar-refractivity contribution < 1.29 is 14.6 Å². The van der Waals surface area contributed by atoms with E-state index in [-0.39, 0.29) is 5.69 Å². The molecular formula is C13H17BrN2O3. The summed E-state index contributed by atoms with van der Waals surface area (Å²) >= 11 is 3.16. The second-order valence-corrected chi connectivity index (χ2v) is 5.54. The zero-order chi connectivity index (χ0) is 13.9. The molecule has 0 radical (unpaired) electrons. The molecule has 0 aliphatic heterocycles. The fraction of sp³-hybridized carbons (Fsp3) is 0.615. The number of carboxylic acids is 1. The van der Waals surface area contributed by atoms with E-state index in [0.29, 0.717) is 16.9 Å². The lowest BCUT2D eigenvalue weighted by molar-refractivity contribution is -0.0768. The molecular weight excluding hydrogens is 312 g/mol. The fourth-order valence-corrected chi connectivity index (χ4v) is 2.93. The third-order valence-corrected chi connectivity index (χ3v) is 4.02. The molecule has 0 aromatic carbocycles. The summed E-state index contributed by atoms with van der Waals surface area (Å²) in [6.07, 6.45) is 6.49. The maximum Gasteiger partial charge on any atom is 0.355 e. The third-order valence-electron chi connectivity index (χ3n) is 3.44. The van der Waals surface area contributed by atoms with Crippen molar-refractivity contribution in [1.29, 1.82) is 0 Å². The van der Waals surface area contributed by atoms with Gasteiger partial charge in [0.2, 0.25) is 0 Å². The molecule has 0 unspecified atom stereocenters. The minimum atomic E-state index is -1.06. The van der Waals surface area contributed by atoms with Gasteiger partial charge in [0.1, 0.15) is 5.60 Å². The van der Waals surface area contributed by atoms with Crippen molar-refractivity contribution in [3.8, 4) is 0 Å². The average Bonchev–Trinajstić information content (AvgIpc) is 2.40. The first-order chi connectivity index (χ1) is 9.09. The minimum Gasteiger partial charge on any atom is -0.476 e. The van der Waals surface area contributed by atoms with Crippen molar-refractivity contribution in [2.45, 2.75) is 44.6 Å². The highest BCUT2D eigenvalue weighted by atomic mass is 79.9. The smallest absolute Gasteiger partial charge is 0.355 e. The molecule has 1 aliphatic rings. The Bertz CT molecular complexity index is 467. The molecule has 0 amide bonds. The van der Waals surface area contributed by atoms with Gasteiger partial charge in [-0.3, -0.25) is 0 Å². The molecule has 2 rings (SSSR count). The lowest BCUT2D eigenvalue weighted by atomic mass is 9.83. The van der Waals surface area contributed by atoms with Gasteiger partial charge in [0.05, 0.1) is 4.47 Å². The van der Waals surface area contributed by atoms with Gasteiger partial charge in [-0.05, 0) is 35.7 Å². The Labute approximate surface area is 120 Å². The van der Waals surface area contributed by atoms with Crippen LogP contribution in [0.25, 0.3) is 0 Å². The number of ether oxygens (including phenoxy) is 1. The number of carbonyl (C=O) groups is 1. The van der Waals surface area contributed by atoms with E-state index in [9.17, 15) is 4.79 Å². The van der Waals surface area contributed by atoms with Gasteiger partial charge in [0, 0.05) is 12.8 Å². The van der Waals surface area contributed by atoms with E-state index in [1.165, 1.54) is 12.6 Å². The predicted octanol–water partition coefficient (Wildman–Crippen LogP) is 3.13. The highest BCUT2D eigenvalue weighted by molar-refractivity contribution is 9.10. The van der Waals surface area contributed by atoms with Crippen molar-refractivity contribution in [2.75, 3.05) is 6.61 Å². The zero-order valence-electron chi connectivity index (χ0n) is 10.9. The summed E-state index contributed by atoms with van der Waals surface area (Å²) in [5.41, 5.74) is -0.521. The van der Waals surface area contributed by atoms with Crippen LogP contribution in [0, 0.1) is 0 Å². The van der Waals surface area contributed by atoms with Crippen LogP contribution >= 0.6 is 15.9 Å². The predicted molar refractivity (Wildman–Crippen MR) is 73.1 cm³/mol. The molecule has 1 saturated carbocycles. The quantitative estimate of drug-likeness (QED) is 0.919. The van der Waals surface area contributed by atoms with Crippen LogP contribution in [0.5, 0.6) is 0 Å². The molecule has 0 bridgehead atoms. The lowest BCUT2D eigenvalue weighted by Gasteiger charge is -2.35. The molecule has 1 aromatic rings. The topological polar surface area (TPSA) is 72.3 Å². The van der Waals surface area contributed by atoms with Crippen molar-refractivity contribution in [1.82, 2.24) is 9.97 Å². The summed E-state index contributed by atoms with van der Waals surface area (Å²) in [6.45, 7) is 2.51. The SMILES string of the molecule is CCOC1(c2ncc(Br)c(C(=O)O)n2)CCCCC1. The Morgan fingerprint density at radius 1 is 1.47 bits per heavy atom. The summed E-state index contributed by atoms with van der Waals surface area (Å²) in [4.78, 5) is 19.7. The molecule has 19 heavy (non-hydrogen) atoms. The average molecular weight is 329 g/mol. The fourth-order valence-electron chi connectivity index (χ4n) is 2.57. The van der Waals surface area contributed by atoms with E-state index in [0.717, 1.165) is 25.7 Å². The molecule has 1 N–H and O–H groups in total. The first kappa shape index (κ1) is 14.4. The summed E-state index contributed by atoms with van der Waals surface area (Å²) in [7, 11) is 0. The van der Waals surface area contributed by atoms with Crippen LogP contribution in [0.1, 0.15) is 55.3 Å². The normalized spacial score (nSPS) is 18.2. The van der Waals surface area contributed by atoms with E-state index < -0.39 is 11.6 Å². The van der Waals surface area contributed by atoms with Crippen LogP contribution in [0.2, 0.25) is 0 Å². The standard InChI is InChI=1S/C13H17BrN2O3/c1-2-19-13(6-4-3-5-7-13)12-15-8-9(14)10(16-12)11(17)18/h8H,2-7H2,1H3,(H,17,18). The molecule has 6 heteroatoms. The number of aromatic nitrogens is 2. The molecule has 1 aliphatic carbocycles. The summed E-state index contributed by atoms with van der Waals surface area (Å²) < 4.78 is 6.29. The number of rotatable bonds is 4. The Balaban J connectivity index is 2.41.